The lowest BCUT2D eigenvalue weighted by Gasteiger charge is -1.64. The summed E-state index contributed by atoms with van der Waals surface area (Å²) in [7, 11) is 0. The van der Waals surface area contributed by atoms with Crippen LogP contribution in [0.5, 0.6) is 0 Å². The number of carbonyl (C=O) groups is 1. The van der Waals surface area contributed by atoms with Crippen LogP contribution in [0.3, 0.4) is 0 Å². The number of aliphatic carboxylic acids is 1. The topological polar surface area (TPSA) is 68.9 Å². The maximum atomic E-state index is 9.25. The van der Waals surface area contributed by atoms with E-state index in [1.165, 1.54) is 11.5 Å². The first kappa shape index (κ1) is 11.2. The highest BCUT2D eigenvalue weighted by Crippen LogP contribution is 1.93. The van der Waals surface area contributed by atoms with Gasteiger partial charge in [0.25, 0.3) is 0 Å². The third kappa shape index (κ3) is 4.94. The van der Waals surface area contributed by atoms with Gasteiger partial charge in [0.05, 0.1) is 0 Å². The lowest BCUT2D eigenvalue weighted by Crippen LogP contribution is -1.82. The van der Waals surface area contributed by atoms with Crippen molar-refractivity contribution in [1.82, 2.24) is 9.59 Å². The minimum Gasteiger partial charge on any atom is -0.478 e. The molecule has 0 atom stereocenters. The van der Waals surface area contributed by atoms with E-state index in [0.29, 0.717) is 4.64 Å². The maximum absolute atomic E-state index is 9.25. The van der Waals surface area contributed by atoms with Crippen molar-refractivity contribution in [2.24, 2.45) is 0 Å². The average molecular weight is 222 g/mol. The highest BCUT2D eigenvalue weighted by atomic mass is 32.2. The van der Waals surface area contributed by atoms with Gasteiger partial charge in [0, 0.05) is 6.08 Å². The second-order valence-corrected chi connectivity index (χ2v) is 3.38. The summed E-state index contributed by atoms with van der Waals surface area (Å²) < 4.78 is 4.05. The molecule has 0 unspecified atom stereocenters. The molecule has 0 aliphatic carbocycles. The van der Waals surface area contributed by atoms with E-state index in [0.717, 1.165) is 9.90 Å². The molecule has 0 bridgehead atoms. The third-order valence-electron chi connectivity index (χ3n) is 0.668. The van der Waals surface area contributed by atoms with E-state index in [9.17, 15) is 4.79 Å². The van der Waals surface area contributed by atoms with Crippen molar-refractivity contribution in [3.05, 3.63) is 21.1 Å². The predicted octanol–water partition coefficient (Wildman–Crippen LogP) is 2.12. The number of rotatable bonds is 1. The van der Waals surface area contributed by atoms with Crippen molar-refractivity contribution in [2.75, 3.05) is 0 Å². The number of nitrogens with one attached hydrogen (secondary N) is 2. The van der Waals surface area contributed by atoms with Crippen molar-refractivity contribution in [2.45, 2.75) is 0 Å². The number of hydrogen-bond acceptors (Lipinski definition) is 4. The summed E-state index contributed by atoms with van der Waals surface area (Å²) in [5.41, 5.74) is 0. The molecule has 1 aromatic heterocycles. The molecule has 1 heterocycles. The Morgan fingerprint density at radius 1 is 1.67 bits per heavy atom. The van der Waals surface area contributed by atoms with Crippen LogP contribution in [0.4, 0.5) is 0 Å². The van der Waals surface area contributed by atoms with Gasteiger partial charge in [-0.2, -0.15) is 0 Å². The maximum Gasteiger partial charge on any atom is 0.327 e. The Balaban J connectivity index is 0.000000217. The molecule has 12 heavy (non-hydrogen) atoms. The van der Waals surface area contributed by atoms with Crippen LogP contribution >= 0.6 is 36.0 Å². The number of aromatic amines is 2. The molecule has 1 rings (SSSR count). The molecule has 1 aromatic rings. The Kier molecular flexibility index (Phi) is 5.43. The number of carboxylic acids is 1. The second kappa shape index (κ2) is 5.81. The molecule has 4 nitrogen and oxygen atoms in total. The first-order valence-corrected chi connectivity index (χ1v) is 4.32. The van der Waals surface area contributed by atoms with Crippen LogP contribution in [0.15, 0.2) is 12.7 Å². The molecule has 0 spiro atoms. The van der Waals surface area contributed by atoms with E-state index in [1.807, 2.05) is 0 Å². The highest BCUT2D eigenvalue weighted by molar-refractivity contribution is 7.75. The summed E-state index contributed by atoms with van der Waals surface area (Å²) in [5.74, 6) is -0.981. The minimum absolute atomic E-state index is 0.625. The number of carboxylic acid groups (broad SMARTS) is 1. The normalized spacial score (nSPS) is 8.00. The Morgan fingerprint density at radius 2 is 2.17 bits per heavy atom. The Morgan fingerprint density at radius 3 is 2.25 bits per heavy atom. The molecular formula is C5H6N2O2S3. The van der Waals surface area contributed by atoms with Crippen LogP contribution in [0, 0.1) is 8.46 Å². The van der Waals surface area contributed by atoms with Crippen LogP contribution in [-0.2, 0) is 4.79 Å². The molecule has 0 aromatic carbocycles. The van der Waals surface area contributed by atoms with Crippen LogP contribution in [0.2, 0.25) is 0 Å². The van der Waals surface area contributed by atoms with Crippen LogP contribution in [0.1, 0.15) is 0 Å². The van der Waals surface area contributed by atoms with Crippen LogP contribution in [-0.4, -0.2) is 20.7 Å². The summed E-state index contributed by atoms with van der Waals surface area (Å²) in [4.78, 5) is 9.25. The van der Waals surface area contributed by atoms with Crippen LogP contribution < -0.4 is 0 Å². The first-order chi connectivity index (χ1) is 5.57. The summed E-state index contributed by atoms with van der Waals surface area (Å²) >= 11 is 10.8. The van der Waals surface area contributed by atoms with Crippen molar-refractivity contribution in [1.29, 1.82) is 0 Å². The van der Waals surface area contributed by atoms with Gasteiger partial charge >= 0.3 is 5.97 Å². The van der Waals surface area contributed by atoms with Crippen LogP contribution in [0.25, 0.3) is 0 Å². The fourth-order valence-corrected chi connectivity index (χ4v) is 1.02. The zero-order chi connectivity index (χ0) is 9.56. The van der Waals surface area contributed by atoms with E-state index in [1.54, 1.807) is 0 Å². The van der Waals surface area contributed by atoms with E-state index in [2.05, 4.69) is 16.2 Å². The Hall–Kier alpha value is -0.790. The van der Waals surface area contributed by atoms with Gasteiger partial charge in [-0.3, -0.25) is 9.59 Å². The summed E-state index contributed by atoms with van der Waals surface area (Å²) in [6.07, 6.45) is 0.833. The quantitative estimate of drug-likeness (QED) is 0.503. The van der Waals surface area contributed by atoms with Gasteiger partial charge in [-0.1, -0.05) is 31.0 Å². The summed E-state index contributed by atoms with van der Waals surface area (Å²) in [6, 6.07) is 0. The lowest BCUT2D eigenvalue weighted by atomic mass is 10.7. The van der Waals surface area contributed by atoms with E-state index in [4.69, 9.17) is 29.5 Å². The highest BCUT2D eigenvalue weighted by Gasteiger charge is 1.77. The van der Waals surface area contributed by atoms with Crippen molar-refractivity contribution in [3.8, 4) is 0 Å². The predicted molar refractivity (Wildman–Crippen MR) is 52.5 cm³/mol. The Labute approximate surface area is 82.7 Å². The number of H-pyrrole nitrogens is 2. The number of aromatic nitrogens is 2. The zero-order valence-electron chi connectivity index (χ0n) is 5.86. The zero-order valence-corrected chi connectivity index (χ0v) is 8.31. The largest absolute Gasteiger partial charge is 0.478 e. The van der Waals surface area contributed by atoms with Gasteiger partial charge in [-0.15, -0.1) is 0 Å². The second-order valence-electron chi connectivity index (χ2n) is 1.49. The molecule has 7 heteroatoms. The van der Waals surface area contributed by atoms with E-state index < -0.39 is 5.97 Å². The van der Waals surface area contributed by atoms with E-state index in [-0.39, 0.29) is 0 Å². The molecule has 3 N–H and O–H groups in total. The molecule has 0 radical (unpaired) electrons. The van der Waals surface area contributed by atoms with Crippen molar-refractivity contribution in [3.63, 3.8) is 0 Å². The Bertz CT molecular complexity index is 337. The smallest absolute Gasteiger partial charge is 0.327 e. The SMILES string of the molecule is C=CC(=O)O.S=c1[nH][nH]sc1=S. The molecule has 0 saturated heterocycles. The molecule has 0 saturated carbocycles. The molecule has 0 amide bonds. The monoisotopic (exact) mass is 222 g/mol. The molecule has 0 fully saturated rings. The molecule has 66 valence electrons. The van der Waals surface area contributed by atoms with Gasteiger partial charge in [0.15, 0.2) is 0 Å². The standard InChI is InChI=1S/C3H4O2.C2H2N2S3/c1-2-3(4)5;5-1-2(6)7-4-3-1/h2H,1H2,(H,4,5);4H,(H,3,5). The van der Waals surface area contributed by atoms with Gasteiger partial charge in [-0.05, 0) is 11.5 Å². The fourth-order valence-electron chi connectivity index (χ4n) is 0.216. The van der Waals surface area contributed by atoms with Gasteiger partial charge in [0.1, 0.15) is 8.46 Å². The first-order valence-electron chi connectivity index (χ1n) is 2.69. The minimum atomic E-state index is -0.981. The van der Waals surface area contributed by atoms with Gasteiger partial charge in [0.2, 0.25) is 0 Å². The van der Waals surface area contributed by atoms with E-state index >= 15 is 0 Å². The third-order valence-corrected chi connectivity index (χ3v) is 2.28. The lowest BCUT2D eigenvalue weighted by molar-refractivity contribution is -0.131. The number of hydrogen-bond donors (Lipinski definition) is 3. The molecule has 0 aliphatic rings. The van der Waals surface area contributed by atoms with Gasteiger partial charge in [-0.25, -0.2) is 4.79 Å². The van der Waals surface area contributed by atoms with Gasteiger partial charge < -0.3 is 5.11 Å². The molecular weight excluding hydrogens is 216 g/mol. The molecule has 0 aliphatic heterocycles. The van der Waals surface area contributed by atoms with Crippen molar-refractivity contribution < 1.29 is 9.90 Å². The van der Waals surface area contributed by atoms with Crippen molar-refractivity contribution >= 4 is 41.9 Å². The summed E-state index contributed by atoms with van der Waals surface area (Å²) in [6.45, 7) is 2.96. The summed E-state index contributed by atoms with van der Waals surface area (Å²) in [5, 5.41) is 10.3. The average Bonchev–Trinajstić information content (AvgIpc) is 2.37. The fraction of sp³-hybridized carbons (Fsp3) is 0.